The molecule has 14 nitrogen and oxygen atoms in total. The van der Waals surface area contributed by atoms with Crippen LogP contribution in [0.15, 0.2) is 42.9 Å². The number of anilines is 2. The van der Waals surface area contributed by atoms with E-state index in [1.54, 1.807) is 41.4 Å². The molecule has 46 heavy (non-hydrogen) atoms. The monoisotopic (exact) mass is 653 g/mol. The van der Waals surface area contributed by atoms with E-state index in [4.69, 9.17) is 15.7 Å². The van der Waals surface area contributed by atoms with E-state index >= 15 is 0 Å². The van der Waals surface area contributed by atoms with Crippen LogP contribution in [0.25, 0.3) is 11.0 Å². The number of hydrogen-bond acceptors (Lipinski definition) is 10. The van der Waals surface area contributed by atoms with Gasteiger partial charge in [-0.3, -0.25) is 14.2 Å². The standard InChI is InChI=1S/C31H39N9O5.ClH/c1-20-12-16-39(26(41)11-15-33)18-25(20)38(2)27-23-13-17-40(28(23)35-19-34-27)31(44)36-22-9-7-21(8-10-22)29(42)37-24(30(43)45-3)6-4-5-14-32;/h7-10,13,17,19-20,24-25H,4-6,11-12,14,16,18,32H2,1-3H3,(H,36,44)(H,37,42);1H/t20-,24+,25+;/m1./s1. The number of halogens is 1. The fraction of sp³-hybridized carbons (Fsp3) is 0.452. The maximum atomic E-state index is 13.3. The number of fused-ring (bicyclic) bond motifs is 1. The molecular weight excluding hydrogens is 614 g/mol. The second kappa shape index (κ2) is 16.5. The van der Waals surface area contributed by atoms with Crippen molar-refractivity contribution >= 4 is 58.8 Å². The molecule has 4 N–H and O–H groups in total. The molecule has 3 heterocycles. The van der Waals surface area contributed by atoms with Crippen molar-refractivity contribution in [3.8, 4) is 6.07 Å². The minimum absolute atomic E-state index is 0. The normalized spacial score (nSPS) is 16.5. The van der Waals surface area contributed by atoms with E-state index in [1.807, 2.05) is 18.0 Å². The Labute approximate surface area is 273 Å². The van der Waals surface area contributed by atoms with Gasteiger partial charge in [-0.1, -0.05) is 6.92 Å². The van der Waals surface area contributed by atoms with Crippen LogP contribution in [0.1, 0.15) is 49.4 Å². The number of nitriles is 1. The Bertz CT molecular complexity index is 1570. The Morgan fingerprint density at radius 3 is 2.59 bits per heavy atom. The molecule has 3 amide bonds. The molecule has 1 aromatic carbocycles. The number of unbranched alkanes of at least 4 members (excludes halogenated alkanes) is 1. The van der Waals surface area contributed by atoms with Crippen LogP contribution in [0.5, 0.6) is 0 Å². The summed E-state index contributed by atoms with van der Waals surface area (Å²) in [6.07, 6.45) is 5.46. The SMILES string of the molecule is COC(=O)[C@H](CCCCN)NC(=O)c1ccc(NC(=O)n2ccc3c(N(C)[C@H]4CN(C(=O)CC#N)CC[C@H]4C)ncnc32)cc1.Cl. The highest BCUT2D eigenvalue weighted by Gasteiger charge is 2.33. The van der Waals surface area contributed by atoms with Gasteiger partial charge in [-0.25, -0.2) is 19.6 Å². The van der Waals surface area contributed by atoms with Crippen molar-refractivity contribution in [2.24, 2.45) is 11.7 Å². The second-order valence-corrected chi connectivity index (χ2v) is 11.1. The zero-order valence-electron chi connectivity index (χ0n) is 26.1. The van der Waals surface area contributed by atoms with Crippen molar-refractivity contribution in [3.63, 3.8) is 0 Å². The summed E-state index contributed by atoms with van der Waals surface area (Å²) in [5.41, 5.74) is 6.71. The van der Waals surface area contributed by atoms with Crippen molar-refractivity contribution in [2.75, 3.05) is 44.0 Å². The van der Waals surface area contributed by atoms with Crippen LogP contribution < -0.4 is 21.3 Å². The van der Waals surface area contributed by atoms with E-state index in [9.17, 15) is 19.2 Å². The zero-order chi connectivity index (χ0) is 32.5. The third kappa shape index (κ3) is 8.29. The van der Waals surface area contributed by atoms with E-state index < -0.39 is 23.9 Å². The number of rotatable bonds is 11. The molecule has 1 aliphatic heterocycles. The van der Waals surface area contributed by atoms with Crippen LogP contribution in [-0.4, -0.2) is 89.1 Å². The molecule has 0 saturated carbocycles. The second-order valence-electron chi connectivity index (χ2n) is 11.1. The summed E-state index contributed by atoms with van der Waals surface area (Å²) in [5.74, 6) is -0.255. The summed E-state index contributed by atoms with van der Waals surface area (Å²) in [5, 5.41) is 15.1. The van der Waals surface area contributed by atoms with E-state index in [-0.39, 0.29) is 36.7 Å². The summed E-state index contributed by atoms with van der Waals surface area (Å²) in [4.78, 5) is 63.2. The van der Waals surface area contributed by atoms with Gasteiger partial charge >= 0.3 is 12.0 Å². The quantitative estimate of drug-likeness (QED) is 0.205. The molecule has 246 valence electrons. The molecular formula is C31H40ClN9O5. The topological polar surface area (TPSA) is 189 Å². The summed E-state index contributed by atoms with van der Waals surface area (Å²) < 4.78 is 6.19. The van der Waals surface area contributed by atoms with Crippen LogP contribution >= 0.6 is 12.4 Å². The lowest BCUT2D eigenvalue weighted by molar-refractivity contribution is -0.143. The van der Waals surface area contributed by atoms with Crippen molar-refractivity contribution in [2.45, 2.75) is 51.1 Å². The molecule has 0 bridgehead atoms. The number of hydrogen-bond donors (Lipinski definition) is 3. The molecule has 1 fully saturated rings. The van der Waals surface area contributed by atoms with Gasteiger partial charge in [0, 0.05) is 37.6 Å². The maximum Gasteiger partial charge on any atom is 0.331 e. The average molecular weight is 654 g/mol. The van der Waals surface area contributed by atoms with Crippen LogP contribution in [-0.2, 0) is 14.3 Å². The first-order valence-electron chi connectivity index (χ1n) is 14.9. The number of nitrogens with one attached hydrogen (secondary N) is 2. The molecule has 0 spiro atoms. The fourth-order valence-electron chi connectivity index (χ4n) is 5.51. The Balaban J connectivity index is 0.00000576. The van der Waals surface area contributed by atoms with Gasteiger partial charge in [-0.05, 0) is 68.5 Å². The number of benzene rings is 1. The van der Waals surface area contributed by atoms with Gasteiger partial charge in [-0.15, -0.1) is 12.4 Å². The van der Waals surface area contributed by atoms with Gasteiger partial charge in [-0.2, -0.15) is 5.26 Å². The Kier molecular flexibility index (Phi) is 12.8. The smallest absolute Gasteiger partial charge is 0.331 e. The highest BCUT2D eigenvalue weighted by molar-refractivity contribution is 6.01. The first-order valence-corrected chi connectivity index (χ1v) is 14.9. The van der Waals surface area contributed by atoms with Crippen molar-refractivity contribution < 1.29 is 23.9 Å². The number of amides is 3. The molecule has 0 aliphatic carbocycles. The van der Waals surface area contributed by atoms with E-state index in [0.717, 1.165) is 12.8 Å². The number of ether oxygens (including phenoxy) is 1. The lowest BCUT2D eigenvalue weighted by atomic mass is 9.92. The summed E-state index contributed by atoms with van der Waals surface area (Å²) in [6.45, 7) is 3.69. The number of nitrogens with two attached hydrogens (primary N) is 1. The highest BCUT2D eigenvalue weighted by Crippen LogP contribution is 2.30. The Hall–Kier alpha value is -4.74. The van der Waals surface area contributed by atoms with Crippen LogP contribution in [0.3, 0.4) is 0 Å². The Morgan fingerprint density at radius 1 is 1.17 bits per heavy atom. The number of likely N-dealkylation sites (N-methyl/N-ethyl adjacent to an activating group) is 1. The predicted octanol–water partition coefficient (Wildman–Crippen LogP) is 2.92. The molecule has 3 atom stereocenters. The first-order chi connectivity index (χ1) is 21.7. The third-order valence-electron chi connectivity index (χ3n) is 8.15. The van der Waals surface area contributed by atoms with Gasteiger partial charge in [0.2, 0.25) is 5.91 Å². The molecule has 1 saturated heterocycles. The number of piperidine rings is 1. The minimum Gasteiger partial charge on any atom is -0.467 e. The van der Waals surface area contributed by atoms with Gasteiger partial charge in [0.15, 0.2) is 5.65 Å². The van der Waals surface area contributed by atoms with E-state index in [0.29, 0.717) is 60.6 Å². The lowest BCUT2D eigenvalue weighted by Gasteiger charge is -2.42. The van der Waals surface area contributed by atoms with Gasteiger partial charge in [0.05, 0.1) is 24.6 Å². The Morgan fingerprint density at radius 2 is 1.91 bits per heavy atom. The molecule has 4 rings (SSSR count). The number of nitrogens with zero attached hydrogens (tertiary/aromatic N) is 6. The molecule has 1 aliphatic rings. The number of carbonyl (C=O) groups is 4. The van der Waals surface area contributed by atoms with E-state index in [1.165, 1.54) is 18.0 Å². The minimum atomic E-state index is -0.785. The fourth-order valence-corrected chi connectivity index (χ4v) is 5.51. The number of likely N-dealkylation sites (tertiary alicyclic amines) is 1. The molecule has 15 heteroatoms. The summed E-state index contributed by atoms with van der Waals surface area (Å²) >= 11 is 0. The van der Waals surface area contributed by atoms with Crippen molar-refractivity contribution in [1.82, 2.24) is 24.8 Å². The summed E-state index contributed by atoms with van der Waals surface area (Å²) in [7, 11) is 3.18. The lowest BCUT2D eigenvalue weighted by Crippen LogP contribution is -2.52. The third-order valence-corrected chi connectivity index (χ3v) is 8.15. The highest BCUT2D eigenvalue weighted by atomic mass is 35.5. The van der Waals surface area contributed by atoms with Crippen LogP contribution in [0.2, 0.25) is 0 Å². The van der Waals surface area contributed by atoms with Crippen molar-refractivity contribution in [1.29, 1.82) is 5.26 Å². The summed E-state index contributed by atoms with van der Waals surface area (Å²) in [6, 6.07) is 8.72. The molecule has 0 unspecified atom stereocenters. The largest absolute Gasteiger partial charge is 0.467 e. The maximum absolute atomic E-state index is 13.3. The van der Waals surface area contributed by atoms with Crippen molar-refractivity contribution in [3.05, 3.63) is 48.4 Å². The number of esters is 1. The molecule has 2 aromatic heterocycles. The van der Waals surface area contributed by atoms with Crippen LogP contribution in [0.4, 0.5) is 16.3 Å². The predicted molar refractivity (Wildman–Crippen MR) is 175 cm³/mol. The zero-order valence-corrected chi connectivity index (χ0v) is 27.0. The molecule has 0 radical (unpaired) electrons. The van der Waals surface area contributed by atoms with Gasteiger partial charge in [0.1, 0.15) is 24.6 Å². The average Bonchev–Trinajstić information content (AvgIpc) is 3.49. The van der Waals surface area contributed by atoms with Gasteiger partial charge in [0.25, 0.3) is 5.91 Å². The van der Waals surface area contributed by atoms with Crippen LogP contribution in [0, 0.1) is 17.2 Å². The number of methoxy groups -OCH3 is 1. The van der Waals surface area contributed by atoms with Gasteiger partial charge < -0.3 is 30.9 Å². The van der Waals surface area contributed by atoms with E-state index in [2.05, 4.69) is 27.5 Å². The number of aromatic nitrogens is 3. The first kappa shape index (κ1) is 35.7. The molecule has 3 aromatic rings. The number of carbonyl (C=O) groups excluding carboxylic acids is 4.